The second kappa shape index (κ2) is 4.42. The lowest BCUT2D eigenvalue weighted by Crippen LogP contribution is -2.04. The number of halogens is 2. The number of hydrogen-bond acceptors (Lipinski definition) is 1. The summed E-state index contributed by atoms with van der Waals surface area (Å²) in [4.78, 5) is 10.4. The van der Waals surface area contributed by atoms with Crippen LogP contribution in [0.1, 0.15) is 24.8 Å². The first kappa shape index (κ1) is 11.0. The van der Waals surface area contributed by atoms with Crippen LogP contribution in [0.3, 0.4) is 0 Å². The van der Waals surface area contributed by atoms with Crippen molar-refractivity contribution in [3.8, 4) is 0 Å². The molecule has 1 N–H and O–H groups in total. The Morgan fingerprint density at radius 3 is 2.79 bits per heavy atom. The number of carboxylic acids is 1. The molecule has 2 nitrogen and oxygen atoms in total. The largest absolute Gasteiger partial charge is 0.481 e. The summed E-state index contributed by atoms with van der Waals surface area (Å²) in [6.45, 7) is 1.67. The normalized spacial score (nSPS) is 12.5. The van der Waals surface area contributed by atoms with Crippen LogP contribution in [0.15, 0.2) is 18.2 Å². The van der Waals surface area contributed by atoms with E-state index in [4.69, 9.17) is 16.7 Å². The number of aliphatic carboxylic acids is 1. The number of benzene rings is 1. The van der Waals surface area contributed by atoms with Gasteiger partial charge in [0, 0.05) is 5.02 Å². The lowest BCUT2D eigenvalue weighted by molar-refractivity contribution is -0.137. The van der Waals surface area contributed by atoms with E-state index in [0.717, 1.165) is 0 Å². The minimum atomic E-state index is -0.938. The van der Waals surface area contributed by atoms with Gasteiger partial charge in [-0.1, -0.05) is 24.6 Å². The molecule has 0 heterocycles. The van der Waals surface area contributed by atoms with Gasteiger partial charge in [-0.05, 0) is 23.6 Å². The van der Waals surface area contributed by atoms with E-state index < -0.39 is 11.8 Å². The first-order valence-electron chi connectivity index (χ1n) is 4.17. The Hall–Kier alpha value is -1.09. The maximum absolute atomic E-state index is 13.3. The summed E-state index contributed by atoms with van der Waals surface area (Å²) in [5, 5.41) is 8.86. The monoisotopic (exact) mass is 216 g/mol. The molecule has 0 aliphatic carbocycles. The fourth-order valence-electron chi connectivity index (χ4n) is 1.27. The van der Waals surface area contributed by atoms with Crippen molar-refractivity contribution in [1.29, 1.82) is 0 Å². The van der Waals surface area contributed by atoms with Gasteiger partial charge >= 0.3 is 5.97 Å². The fraction of sp³-hybridized carbons (Fsp3) is 0.300. The van der Waals surface area contributed by atoms with E-state index >= 15 is 0 Å². The van der Waals surface area contributed by atoms with Crippen molar-refractivity contribution in [2.45, 2.75) is 19.3 Å². The van der Waals surface area contributed by atoms with Gasteiger partial charge in [0.15, 0.2) is 0 Å². The second-order valence-electron chi connectivity index (χ2n) is 3.16. The third kappa shape index (κ3) is 2.70. The molecule has 0 aliphatic rings. The summed E-state index contributed by atoms with van der Waals surface area (Å²) in [5.41, 5.74) is 0.386. The lowest BCUT2D eigenvalue weighted by atomic mass is 9.97. The van der Waals surface area contributed by atoms with Crippen molar-refractivity contribution in [3.63, 3.8) is 0 Å². The van der Waals surface area contributed by atoms with Crippen LogP contribution in [-0.4, -0.2) is 11.1 Å². The van der Waals surface area contributed by atoms with Crippen LogP contribution < -0.4 is 0 Å². The molecule has 1 atom stereocenters. The average Bonchev–Trinajstić information content (AvgIpc) is 2.01. The van der Waals surface area contributed by atoms with Gasteiger partial charge in [-0.15, -0.1) is 0 Å². The molecule has 1 aromatic rings. The fourth-order valence-corrected chi connectivity index (χ4v) is 1.43. The number of rotatable bonds is 3. The molecular weight excluding hydrogens is 207 g/mol. The zero-order valence-electron chi connectivity index (χ0n) is 7.63. The van der Waals surface area contributed by atoms with Gasteiger partial charge in [0.2, 0.25) is 0 Å². The van der Waals surface area contributed by atoms with Crippen molar-refractivity contribution < 1.29 is 14.3 Å². The highest BCUT2D eigenvalue weighted by Gasteiger charge is 2.14. The Morgan fingerprint density at radius 2 is 2.29 bits per heavy atom. The van der Waals surface area contributed by atoms with Crippen molar-refractivity contribution in [1.82, 2.24) is 0 Å². The zero-order valence-corrected chi connectivity index (χ0v) is 8.38. The van der Waals surface area contributed by atoms with Crippen molar-refractivity contribution >= 4 is 17.6 Å². The summed E-state index contributed by atoms with van der Waals surface area (Å²) in [7, 11) is 0. The average molecular weight is 217 g/mol. The van der Waals surface area contributed by atoms with Crippen LogP contribution >= 0.6 is 11.6 Å². The van der Waals surface area contributed by atoms with Crippen LogP contribution in [0.25, 0.3) is 0 Å². The van der Waals surface area contributed by atoms with Crippen molar-refractivity contribution in [2.75, 3.05) is 0 Å². The predicted octanol–water partition coefficient (Wildman–Crippen LogP) is 3.06. The van der Waals surface area contributed by atoms with Gasteiger partial charge in [-0.25, -0.2) is 4.39 Å². The highest BCUT2D eigenvalue weighted by atomic mass is 35.5. The van der Waals surface area contributed by atoms with E-state index in [9.17, 15) is 9.18 Å². The molecular formula is C10H10ClFO2. The molecule has 0 saturated heterocycles. The summed E-state index contributed by atoms with van der Waals surface area (Å²) in [5.74, 6) is -1.73. The molecule has 14 heavy (non-hydrogen) atoms. The molecule has 0 bridgehead atoms. The van der Waals surface area contributed by atoms with E-state index in [0.29, 0.717) is 10.6 Å². The Morgan fingerprint density at radius 1 is 1.64 bits per heavy atom. The van der Waals surface area contributed by atoms with Crippen LogP contribution in [0.2, 0.25) is 5.02 Å². The van der Waals surface area contributed by atoms with E-state index in [1.807, 2.05) is 0 Å². The zero-order chi connectivity index (χ0) is 10.7. The molecule has 0 radical (unpaired) electrons. The minimum absolute atomic E-state index is 0.0848. The first-order valence-corrected chi connectivity index (χ1v) is 4.55. The molecule has 1 rings (SSSR count). The third-order valence-electron chi connectivity index (χ3n) is 1.97. The Bertz CT molecular complexity index is 352. The maximum atomic E-state index is 13.3. The summed E-state index contributed by atoms with van der Waals surface area (Å²) >= 11 is 5.57. The standard InChI is InChI=1S/C10H10ClFO2/c1-6(4-10(13)14)8-3-2-7(11)5-9(8)12/h2-3,5-6H,4H2,1H3,(H,13,14)/t6-/m1/s1. The summed E-state index contributed by atoms with van der Waals surface area (Å²) in [6.07, 6.45) is -0.0848. The van der Waals surface area contributed by atoms with E-state index in [2.05, 4.69) is 0 Å². The third-order valence-corrected chi connectivity index (χ3v) is 2.21. The van der Waals surface area contributed by atoms with Crippen molar-refractivity contribution in [3.05, 3.63) is 34.6 Å². The Balaban J connectivity index is 2.90. The quantitative estimate of drug-likeness (QED) is 0.843. The smallest absolute Gasteiger partial charge is 0.303 e. The van der Waals surface area contributed by atoms with Crippen molar-refractivity contribution in [2.24, 2.45) is 0 Å². The van der Waals surface area contributed by atoms with Crippen LogP contribution in [-0.2, 0) is 4.79 Å². The maximum Gasteiger partial charge on any atom is 0.303 e. The molecule has 0 saturated carbocycles. The SMILES string of the molecule is C[C@H](CC(=O)O)c1ccc(Cl)cc1F. The second-order valence-corrected chi connectivity index (χ2v) is 3.60. The van der Waals surface area contributed by atoms with E-state index in [-0.39, 0.29) is 12.3 Å². The molecule has 0 aromatic heterocycles. The Labute approximate surface area is 86.3 Å². The summed E-state index contributed by atoms with van der Waals surface area (Å²) < 4.78 is 13.3. The highest BCUT2D eigenvalue weighted by molar-refractivity contribution is 6.30. The molecule has 1 aromatic carbocycles. The Kier molecular flexibility index (Phi) is 3.47. The topological polar surface area (TPSA) is 37.3 Å². The van der Waals surface area contributed by atoms with Gasteiger partial charge in [0.25, 0.3) is 0 Å². The number of hydrogen-bond donors (Lipinski definition) is 1. The molecule has 0 unspecified atom stereocenters. The van der Waals surface area contributed by atoms with E-state index in [1.54, 1.807) is 13.0 Å². The van der Waals surface area contributed by atoms with Crippen LogP contribution in [0.4, 0.5) is 4.39 Å². The molecule has 0 amide bonds. The van der Waals surface area contributed by atoms with E-state index in [1.165, 1.54) is 12.1 Å². The molecule has 4 heteroatoms. The van der Waals surface area contributed by atoms with Gasteiger partial charge in [-0.3, -0.25) is 4.79 Å². The lowest BCUT2D eigenvalue weighted by Gasteiger charge is -2.10. The van der Waals surface area contributed by atoms with Crippen LogP contribution in [0, 0.1) is 5.82 Å². The molecule has 0 spiro atoms. The summed E-state index contributed by atoms with van der Waals surface area (Å²) in [6, 6.07) is 4.26. The molecule has 0 fully saturated rings. The number of carboxylic acid groups (broad SMARTS) is 1. The minimum Gasteiger partial charge on any atom is -0.481 e. The van der Waals surface area contributed by atoms with Gasteiger partial charge in [-0.2, -0.15) is 0 Å². The molecule has 76 valence electrons. The number of carbonyl (C=O) groups is 1. The molecule has 0 aliphatic heterocycles. The first-order chi connectivity index (χ1) is 6.50. The van der Waals surface area contributed by atoms with Gasteiger partial charge in [0.1, 0.15) is 5.82 Å². The van der Waals surface area contributed by atoms with Gasteiger partial charge < -0.3 is 5.11 Å². The predicted molar refractivity (Wildman–Crippen MR) is 52.1 cm³/mol. The van der Waals surface area contributed by atoms with Crippen LogP contribution in [0.5, 0.6) is 0 Å². The van der Waals surface area contributed by atoms with Gasteiger partial charge in [0.05, 0.1) is 6.42 Å². The highest BCUT2D eigenvalue weighted by Crippen LogP contribution is 2.24.